The fourth-order valence-electron chi connectivity index (χ4n) is 3.07. The molecule has 0 atom stereocenters. The fourth-order valence-corrected chi connectivity index (χ4v) is 3.30. The second kappa shape index (κ2) is 8.84. The number of hydrogen-bond donors (Lipinski definition) is 1. The summed E-state index contributed by atoms with van der Waals surface area (Å²) in [5, 5.41) is 3.14. The van der Waals surface area contributed by atoms with Crippen molar-refractivity contribution in [1.82, 2.24) is 0 Å². The van der Waals surface area contributed by atoms with Gasteiger partial charge in [-0.15, -0.1) is 0 Å². The van der Waals surface area contributed by atoms with E-state index in [4.69, 9.17) is 21.1 Å². The van der Waals surface area contributed by atoms with Gasteiger partial charge in [0.15, 0.2) is 0 Å². The lowest BCUT2D eigenvalue weighted by Crippen LogP contribution is -2.12. The summed E-state index contributed by atoms with van der Waals surface area (Å²) in [5.74, 6) is 0.479. The summed E-state index contributed by atoms with van der Waals surface area (Å²) in [6, 6.07) is 19.1. The molecule has 0 aromatic heterocycles. The van der Waals surface area contributed by atoms with Crippen molar-refractivity contribution in [3.63, 3.8) is 0 Å². The first-order valence-electron chi connectivity index (χ1n) is 9.40. The number of rotatable bonds is 5. The minimum atomic E-state index is -0.486. The summed E-state index contributed by atoms with van der Waals surface area (Å²) in [6.07, 6.45) is 3.96. The van der Waals surface area contributed by atoms with E-state index in [9.17, 15) is 9.59 Å². The van der Waals surface area contributed by atoms with Crippen molar-refractivity contribution in [2.24, 2.45) is 0 Å². The fraction of sp³-hybridized carbons (Fsp3) is 0.0833. The number of hydrogen-bond acceptors (Lipinski definition) is 4. The highest BCUT2D eigenvalue weighted by molar-refractivity contribution is 6.34. The monoisotopic (exact) mass is 419 g/mol. The molecule has 4 rings (SSSR count). The Bertz CT molecular complexity index is 1120. The largest absolute Gasteiger partial charge is 0.493 e. The first-order valence-corrected chi connectivity index (χ1v) is 9.78. The van der Waals surface area contributed by atoms with E-state index in [-0.39, 0.29) is 5.91 Å². The van der Waals surface area contributed by atoms with Gasteiger partial charge in [0.05, 0.1) is 17.2 Å². The topological polar surface area (TPSA) is 64.6 Å². The molecular formula is C24H18ClNO4. The van der Waals surface area contributed by atoms with Gasteiger partial charge in [0, 0.05) is 18.2 Å². The maximum Gasteiger partial charge on any atom is 0.336 e. The lowest BCUT2D eigenvalue weighted by molar-refractivity contribution is -0.128. The minimum Gasteiger partial charge on any atom is -0.493 e. The number of fused-ring (bicyclic) bond motifs is 1. The van der Waals surface area contributed by atoms with Crippen LogP contribution in [0.4, 0.5) is 5.69 Å². The molecular weight excluding hydrogens is 402 g/mol. The quantitative estimate of drug-likeness (QED) is 0.353. The molecule has 3 aromatic carbocycles. The van der Waals surface area contributed by atoms with E-state index in [0.717, 1.165) is 23.3 Å². The summed E-state index contributed by atoms with van der Waals surface area (Å²) < 4.78 is 10.8. The van der Waals surface area contributed by atoms with Gasteiger partial charge in [-0.1, -0.05) is 29.8 Å². The van der Waals surface area contributed by atoms with Crippen LogP contribution in [0.5, 0.6) is 11.5 Å². The predicted octanol–water partition coefficient (Wildman–Crippen LogP) is 5.15. The molecule has 1 amide bonds. The first-order chi connectivity index (χ1) is 14.6. The van der Waals surface area contributed by atoms with E-state index in [1.165, 1.54) is 6.08 Å². The van der Waals surface area contributed by atoms with Gasteiger partial charge in [0.2, 0.25) is 0 Å². The van der Waals surface area contributed by atoms with Crippen molar-refractivity contribution in [3.8, 4) is 11.5 Å². The summed E-state index contributed by atoms with van der Waals surface area (Å²) >= 11 is 6.04. The highest BCUT2D eigenvalue weighted by Gasteiger charge is 2.12. The number of halogens is 1. The molecule has 0 fully saturated rings. The molecule has 150 valence electrons. The zero-order valence-corrected chi connectivity index (χ0v) is 16.7. The Balaban J connectivity index is 1.34. The number of amides is 1. The Morgan fingerprint density at radius 2 is 1.83 bits per heavy atom. The third kappa shape index (κ3) is 4.70. The number of esters is 1. The van der Waals surface area contributed by atoms with E-state index in [0.29, 0.717) is 28.6 Å². The molecule has 30 heavy (non-hydrogen) atoms. The molecule has 1 aliphatic heterocycles. The zero-order chi connectivity index (χ0) is 20.9. The second-order valence-corrected chi connectivity index (χ2v) is 7.09. The number of benzene rings is 3. The average Bonchev–Trinajstić information content (AvgIpc) is 3.22. The maximum atomic E-state index is 12.3. The number of carbonyl (C=O) groups is 2. The Kier molecular flexibility index (Phi) is 5.82. The van der Waals surface area contributed by atoms with Crippen LogP contribution >= 0.6 is 11.6 Å². The number of carbonyl (C=O) groups excluding carboxylic acids is 2. The first kappa shape index (κ1) is 19.7. The van der Waals surface area contributed by atoms with Gasteiger partial charge in [-0.3, -0.25) is 4.79 Å². The number of anilines is 1. The van der Waals surface area contributed by atoms with Crippen molar-refractivity contribution in [3.05, 3.63) is 94.5 Å². The van der Waals surface area contributed by atoms with Crippen molar-refractivity contribution >= 4 is 35.2 Å². The van der Waals surface area contributed by atoms with Crippen LogP contribution in [0, 0.1) is 0 Å². The molecule has 1 aliphatic rings. The number of ether oxygens (including phenoxy) is 2. The van der Waals surface area contributed by atoms with Crippen LogP contribution in [0.15, 0.2) is 72.8 Å². The van der Waals surface area contributed by atoms with Crippen LogP contribution in [-0.2, 0) is 11.2 Å². The van der Waals surface area contributed by atoms with Crippen LogP contribution in [0.3, 0.4) is 0 Å². The van der Waals surface area contributed by atoms with Crippen LogP contribution in [-0.4, -0.2) is 18.5 Å². The van der Waals surface area contributed by atoms with Gasteiger partial charge in [-0.05, 0) is 65.7 Å². The Labute approximate surface area is 178 Å². The van der Waals surface area contributed by atoms with Crippen LogP contribution in [0.2, 0.25) is 5.02 Å². The van der Waals surface area contributed by atoms with Gasteiger partial charge in [0.25, 0.3) is 5.91 Å². The van der Waals surface area contributed by atoms with Gasteiger partial charge >= 0.3 is 5.97 Å². The van der Waals surface area contributed by atoms with Crippen molar-refractivity contribution < 1.29 is 19.1 Å². The standard InChI is InChI=1S/C24H18ClNO4/c25-21-4-2-1-3-20(21)24(28)26-18-7-9-19(10-8-18)30-23(27)12-6-16-5-11-22-17(15-16)13-14-29-22/h1-12,15H,13-14H2,(H,26,28)/b12-6+. The van der Waals surface area contributed by atoms with Gasteiger partial charge in [-0.25, -0.2) is 4.79 Å². The normalized spacial score (nSPS) is 12.3. The van der Waals surface area contributed by atoms with E-state index in [1.807, 2.05) is 18.2 Å². The molecule has 0 radical (unpaired) electrons. The van der Waals surface area contributed by atoms with Crippen molar-refractivity contribution in [2.45, 2.75) is 6.42 Å². The SMILES string of the molecule is O=C(/C=C/c1ccc2c(c1)CCO2)Oc1ccc(NC(=O)c2ccccc2Cl)cc1. The molecule has 1 heterocycles. The van der Waals surface area contributed by atoms with Gasteiger partial charge in [0.1, 0.15) is 11.5 Å². The highest BCUT2D eigenvalue weighted by Crippen LogP contribution is 2.26. The molecule has 0 spiro atoms. The summed E-state index contributed by atoms with van der Waals surface area (Å²) in [7, 11) is 0. The molecule has 5 nitrogen and oxygen atoms in total. The lowest BCUT2D eigenvalue weighted by atomic mass is 10.1. The molecule has 3 aromatic rings. The average molecular weight is 420 g/mol. The molecule has 0 aliphatic carbocycles. The maximum absolute atomic E-state index is 12.3. The van der Waals surface area contributed by atoms with Crippen LogP contribution in [0.1, 0.15) is 21.5 Å². The summed E-state index contributed by atoms with van der Waals surface area (Å²) in [6.45, 7) is 0.694. The van der Waals surface area contributed by atoms with E-state index in [2.05, 4.69) is 5.32 Å². The third-order valence-corrected chi connectivity index (χ3v) is 4.90. The Morgan fingerprint density at radius 3 is 2.63 bits per heavy atom. The second-order valence-electron chi connectivity index (χ2n) is 6.68. The van der Waals surface area contributed by atoms with Crippen molar-refractivity contribution in [2.75, 3.05) is 11.9 Å². The van der Waals surface area contributed by atoms with Crippen molar-refractivity contribution in [1.29, 1.82) is 0 Å². The van der Waals surface area contributed by atoms with Gasteiger partial charge in [-0.2, -0.15) is 0 Å². The smallest absolute Gasteiger partial charge is 0.336 e. The van der Waals surface area contributed by atoms with Crippen LogP contribution in [0.25, 0.3) is 6.08 Å². The van der Waals surface area contributed by atoms with E-state index >= 15 is 0 Å². The lowest BCUT2D eigenvalue weighted by Gasteiger charge is -2.07. The highest BCUT2D eigenvalue weighted by atomic mass is 35.5. The molecule has 0 bridgehead atoms. The van der Waals surface area contributed by atoms with E-state index < -0.39 is 5.97 Å². The molecule has 1 N–H and O–H groups in total. The minimum absolute atomic E-state index is 0.312. The third-order valence-electron chi connectivity index (χ3n) is 4.57. The summed E-state index contributed by atoms with van der Waals surface area (Å²) in [4.78, 5) is 24.4. The molecule has 0 unspecified atom stereocenters. The summed E-state index contributed by atoms with van der Waals surface area (Å²) in [5.41, 5.74) is 3.00. The zero-order valence-electron chi connectivity index (χ0n) is 15.9. The Morgan fingerprint density at radius 1 is 1.03 bits per heavy atom. The molecule has 0 saturated carbocycles. The van der Waals surface area contributed by atoms with Crippen LogP contribution < -0.4 is 14.8 Å². The molecule has 0 saturated heterocycles. The predicted molar refractivity (Wildman–Crippen MR) is 116 cm³/mol. The van der Waals surface area contributed by atoms with Gasteiger partial charge < -0.3 is 14.8 Å². The van der Waals surface area contributed by atoms with E-state index in [1.54, 1.807) is 54.6 Å². The molecule has 6 heteroatoms. The Hall–Kier alpha value is -3.57. The number of nitrogens with one attached hydrogen (secondary N) is 1.